The molecule has 0 atom stereocenters. The van der Waals surface area contributed by atoms with E-state index in [1.807, 2.05) is 19.0 Å². The Labute approximate surface area is 98.5 Å². The number of urea groups is 1. The number of nitrogens with one attached hydrogen (secondary N) is 2. The molecule has 0 saturated heterocycles. The molecule has 7 heteroatoms. The van der Waals surface area contributed by atoms with Crippen LogP contribution < -0.4 is 10.6 Å². The molecule has 1 rings (SSSR count). The fraction of sp³-hybridized carbons (Fsp3) is 0.900. The monoisotopic (exact) mass is 253 g/mol. The summed E-state index contributed by atoms with van der Waals surface area (Å²) in [5, 5.41) is 4.28. The second-order valence-corrected chi connectivity index (χ2v) is 4.62. The van der Waals surface area contributed by atoms with Crippen molar-refractivity contribution in [1.29, 1.82) is 0 Å². The van der Waals surface area contributed by atoms with Crippen molar-refractivity contribution in [3.05, 3.63) is 0 Å². The van der Waals surface area contributed by atoms with Crippen LogP contribution in [0.4, 0.5) is 18.0 Å². The van der Waals surface area contributed by atoms with Crippen molar-refractivity contribution in [3.8, 4) is 0 Å². The van der Waals surface area contributed by atoms with Gasteiger partial charge in [0.05, 0.1) is 0 Å². The van der Waals surface area contributed by atoms with Crippen LogP contribution in [0.3, 0.4) is 0 Å². The van der Waals surface area contributed by atoms with Gasteiger partial charge in [0.25, 0.3) is 0 Å². The van der Waals surface area contributed by atoms with Gasteiger partial charge in [-0.25, -0.2) is 4.79 Å². The Balaban J connectivity index is 2.28. The minimum atomic E-state index is -4.37. The number of carbonyl (C=O) groups is 1. The van der Waals surface area contributed by atoms with Crippen LogP contribution in [-0.2, 0) is 0 Å². The maximum absolute atomic E-state index is 11.8. The summed E-state index contributed by atoms with van der Waals surface area (Å²) in [6.07, 6.45) is -1.36. The fourth-order valence-corrected chi connectivity index (χ4v) is 1.85. The van der Waals surface area contributed by atoms with Crippen LogP contribution in [0.5, 0.6) is 0 Å². The molecule has 0 bridgehead atoms. The highest BCUT2D eigenvalue weighted by Crippen LogP contribution is 2.35. The fourth-order valence-electron chi connectivity index (χ4n) is 1.85. The molecule has 0 aromatic heterocycles. The molecule has 2 amide bonds. The molecule has 1 aliphatic rings. The first kappa shape index (κ1) is 14.1. The number of halogens is 3. The van der Waals surface area contributed by atoms with Gasteiger partial charge in [-0.05, 0) is 33.4 Å². The molecule has 0 radical (unpaired) electrons. The quantitative estimate of drug-likeness (QED) is 0.794. The van der Waals surface area contributed by atoms with Crippen LogP contribution in [0, 0.1) is 0 Å². The van der Waals surface area contributed by atoms with E-state index in [-0.39, 0.29) is 5.54 Å². The number of amides is 2. The minimum absolute atomic E-state index is 0.0877. The first-order valence-electron chi connectivity index (χ1n) is 5.51. The van der Waals surface area contributed by atoms with E-state index in [0.29, 0.717) is 6.54 Å². The summed E-state index contributed by atoms with van der Waals surface area (Å²) in [5.41, 5.74) is -0.0877. The second-order valence-electron chi connectivity index (χ2n) is 4.62. The summed E-state index contributed by atoms with van der Waals surface area (Å²) in [7, 11) is 3.82. The van der Waals surface area contributed by atoms with Crippen molar-refractivity contribution < 1.29 is 18.0 Å². The van der Waals surface area contributed by atoms with Crippen LogP contribution >= 0.6 is 0 Å². The molecule has 0 aromatic rings. The van der Waals surface area contributed by atoms with Gasteiger partial charge in [0.1, 0.15) is 6.54 Å². The van der Waals surface area contributed by atoms with Crippen molar-refractivity contribution in [2.24, 2.45) is 0 Å². The summed E-state index contributed by atoms with van der Waals surface area (Å²) in [6.45, 7) is -0.919. The van der Waals surface area contributed by atoms with E-state index in [9.17, 15) is 18.0 Å². The Morgan fingerprint density at radius 1 is 1.29 bits per heavy atom. The Hall–Kier alpha value is -0.980. The molecule has 1 saturated carbocycles. The molecule has 0 spiro atoms. The van der Waals surface area contributed by atoms with Gasteiger partial charge < -0.3 is 15.5 Å². The summed E-state index contributed by atoms with van der Waals surface area (Å²) in [4.78, 5) is 13.2. The SMILES string of the molecule is CN(C)C1(CNC(=O)NCC(F)(F)F)CCC1. The lowest BCUT2D eigenvalue weighted by Gasteiger charge is -2.47. The highest BCUT2D eigenvalue weighted by atomic mass is 19.4. The summed E-state index contributed by atoms with van der Waals surface area (Å²) in [6, 6.07) is -0.768. The topological polar surface area (TPSA) is 44.4 Å². The molecule has 0 heterocycles. The molecule has 2 N–H and O–H groups in total. The number of hydrogen-bond donors (Lipinski definition) is 2. The molecule has 0 aromatic carbocycles. The minimum Gasteiger partial charge on any atom is -0.336 e. The van der Waals surface area contributed by atoms with Gasteiger partial charge in [0.15, 0.2) is 0 Å². The first-order chi connectivity index (χ1) is 7.75. The van der Waals surface area contributed by atoms with Gasteiger partial charge in [-0.3, -0.25) is 0 Å². The molecule has 100 valence electrons. The molecular weight excluding hydrogens is 235 g/mol. The third-order valence-corrected chi connectivity index (χ3v) is 3.26. The molecular formula is C10H18F3N3O. The van der Waals surface area contributed by atoms with Crippen molar-refractivity contribution in [2.45, 2.75) is 31.0 Å². The molecule has 0 aliphatic heterocycles. The normalized spacial score (nSPS) is 18.7. The number of alkyl halides is 3. The van der Waals surface area contributed by atoms with E-state index in [2.05, 4.69) is 5.32 Å². The smallest absolute Gasteiger partial charge is 0.336 e. The van der Waals surface area contributed by atoms with E-state index in [1.165, 1.54) is 0 Å². The van der Waals surface area contributed by atoms with E-state index in [4.69, 9.17) is 0 Å². The zero-order valence-corrected chi connectivity index (χ0v) is 10.0. The average Bonchev–Trinajstić information content (AvgIpc) is 2.11. The summed E-state index contributed by atoms with van der Waals surface area (Å²) in [5.74, 6) is 0. The van der Waals surface area contributed by atoms with Gasteiger partial charge in [-0.2, -0.15) is 13.2 Å². The van der Waals surface area contributed by atoms with Crippen LogP contribution in [0.1, 0.15) is 19.3 Å². The third kappa shape index (κ3) is 4.07. The van der Waals surface area contributed by atoms with Crippen molar-refractivity contribution in [3.63, 3.8) is 0 Å². The van der Waals surface area contributed by atoms with Gasteiger partial charge in [0, 0.05) is 12.1 Å². The summed E-state index contributed by atoms with van der Waals surface area (Å²) < 4.78 is 35.5. The number of rotatable bonds is 4. The van der Waals surface area contributed by atoms with E-state index in [0.717, 1.165) is 19.3 Å². The zero-order chi connectivity index (χ0) is 13.1. The highest BCUT2D eigenvalue weighted by molar-refractivity contribution is 5.73. The zero-order valence-electron chi connectivity index (χ0n) is 10.0. The molecule has 1 aliphatic carbocycles. The molecule has 17 heavy (non-hydrogen) atoms. The number of carbonyl (C=O) groups excluding carboxylic acids is 1. The maximum Gasteiger partial charge on any atom is 0.405 e. The lowest BCUT2D eigenvalue weighted by molar-refractivity contribution is -0.122. The predicted octanol–water partition coefficient (Wildman–Crippen LogP) is 1.33. The van der Waals surface area contributed by atoms with Crippen molar-refractivity contribution in [1.82, 2.24) is 15.5 Å². The van der Waals surface area contributed by atoms with Crippen LogP contribution in [0.15, 0.2) is 0 Å². The summed E-state index contributed by atoms with van der Waals surface area (Å²) >= 11 is 0. The number of hydrogen-bond acceptors (Lipinski definition) is 2. The largest absolute Gasteiger partial charge is 0.405 e. The Morgan fingerprint density at radius 2 is 1.88 bits per heavy atom. The predicted molar refractivity (Wildman–Crippen MR) is 57.7 cm³/mol. The van der Waals surface area contributed by atoms with Gasteiger partial charge in [-0.15, -0.1) is 0 Å². The first-order valence-corrected chi connectivity index (χ1v) is 5.51. The standard InChI is InChI=1S/C10H18F3N3O/c1-16(2)9(4-3-5-9)6-14-8(17)15-7-10(11,12)13/h3-7H2,1-2H3,(H2,14,15,17). The van der Waals surface area contributed by atoms with Crippen molar-refractivity contribution >= 4 is 6.03 Å². The Kier molecular flexibility index (Phi) is 4.24. The molecule has 1 fully saturated rings. The van der Waals surface area contributed by atoms with E-state index in [1.54, 1.807) is 5.32 Å². The number of likely N-dealkylation sites (N-methyl/N-ethyl adjacent to an activating group) is 1. The Bertz CT molecular complexity index is 274. The number of nitrogens with zero attached hydrogens (tertiary/aromatic N) is 1. The van der Waals surface area contributed by atoms with Crippen molar-refractivity contribution in [2.75, 3.05) is 27.2 Å². The van der Waals surface area contributed by atoms with Crippen LogP contribution in [0.2, 0.25) is 0 Å². The van der Waals surface area contributed by atoms with E-state index < -0.39 is 18.8 Å². The van der Waals surface area contributed by atoms with Crippen LogP contribution in [0.25, 0.3) is 0 Å². The maximum atomic E-state index is 11.8. The van der Waals surface area contributed by atoms with E-state index >= 15 is 0 Å². The van der Waals surface area contributed by atoms with Gasteiger partial charge in [0.2, 0.25) is 0 Å². The lowest BCUT2D eigenvalue weighted by Crippen LogP contribution is -2.58. The van der Waals surface area contributed by atoms with Crippen LogP contribution in [-0.4, -0.2) is 49.8 Å². The lowest BCUT2D eigenvalue weighted by atomic mass is 9.75. The molecule has 0 unspecified atom stereocenters. The van der Waals surface area contributed by atoms with Gasteiger partial charge >= 0.3 is 12.2 Å². The average molecular weight is 253 g/mol. The molecule has 4 nitrogen and oxygen atoms in total. The third-order valence-electron chi connectivity index (χ3n) is 3.26. The van der Waals surface area contributed by atoms with Gasteiger partial charge in [-0.1, -0.05) is 0 Å². The Morgan fingerprint density at radius 3 is 2.24 bits per heavy atom. The highest BCUT2D eigenvalue weighted by Gasteiger charge is 2.39. The second kappa shape index (κ2) is 5.12.